The first-order valence-corrected chi connectivity index (χ1v) is 6.34. The van der Waals surface area contributed by atoms with Crippen molar-refractivity contribution in [3.8, 4) is 0 Å². The van der Waals surface area contributed by atoms with Gasteiger partial charge >= 0.3 is 0 Å². The van der Waals surface area contributed by atoms with E-state index in [0.29, 0.717) is 13.2 Å². The van der Waals surface area contributed by atoms with Crippen LogP contribution in [0.3, 0.4) is 0 Å². The van der Waals surface area contributed by atoms with Gasteiger partial charge in [0.1, 0.15) is 6.10 Å². The van der Waals surface area contributed by atoms with Crippen LogP contribution in [0.5, 0.6) is 0 Å². The van der Waals surface area contributed by atoms with Crippen LogP contribution < -0.4 is 0 Å². The molecule has 0 aromatic heterocycles. The van der Waals surface area contributed by atoms with Crippen LogP contribution in [0.4, 0.5) is 0 Å². The minimum atomic E-state index is 0.0414. The maximum atomic E-state index is 5.85. The Morgan fingerprint density at radius 1 is 0.812 bits per heavy atom. The normalized spacial score (nSPS) is 14.1. The average molecular weight is 232 g/mol. The largest absolute Gasteiger partial charge is 0.376 e. The van der Waals surface area contributed by atoms with Crippen molar-refractivity contribution in [2.75, 3.05) is 13.2 Å². The summed E-state index contributed by atoms with van der Waals surface area (Å²) in [6.45, 7) is 13.5. The van der Waals surface area contributed by atoms with Gasteiger partial charge in [-0.1, -0.05) is 6.92 Å². The highest BCUT2D eigenvalue weighted by Gasteiger charge is 2.14. The van der Waals surface area contributed by atoms with Gasteiger partial charge in [-0.25, -0.2) is 0 Å². The summed E-state index contributed by atoms with van der Waals surface area (Å²) in [6.07, 6.45) is 1.79. The SMILES string of the molecule is CCC(C)OC(COC(C)C)COC(C)C. The number of ether oxygens (including phenoxy) is 3. The Kier molecular flexibility index (Phi) is 8.90. The van der Waals surface area contributed by atoms with E-state index in [4.69, 9.17) is 14.2 Å². The Morgan fingerprint density at radius 3 is 1.56 bits per heavy atom. The number of rotatable bonds is 9. The molecule has 1 atom stereocenters. The predicted octanol–water partition coefficient (Wildman–Crippen LogP) is 3.02. The highest BCUT2D eigenvalue weighted by molar-refractivity contribution is 4.60. The van der Waals surface area contributed by atoms with E-state index in [0.717, 1.165) is 6.42 Å². The van der Waals surface area contributed by atoms with Crippen molar-refractivity contribution in [2.24, 2.45) is 0 Å². The first-order chi connectivity index (χ1) is 7.45. The van der Waals surface area contributed by atoms with Gasteiger partial charge in [0.25, 0.3) is 0 Å². The van der Waals surface area contributed by atoms with Gasteiger partial charge in [0.15, 0.2) is 0 Å². The zero-order valence-corrected chi connectivity index (χ0v) is 11.7. The molecular weight excluding hydrogens is 204 g/mol. The van der Waals surface area contributed by atoms with Gasteiger partial charge in [-0.2, -0.15) is 0 Å². The molecule has 0 rings (SSSR count). The lowest BCUT2D eigenvalue weighted by Crippen LogP contribution is -2.31. The third-order valence-corrected chi connectivity index (χ3v) is 2.23. The molecule has 0 aliphatic heterocycles. The average Bonchev–Trinajstić information content (AvgIpc) is 2.21. The molecule has 0 N–H and O–H groups in total. The van der Waals surface area contributed by atoms with Crippen LogP contribution in [0, 0.1) is 0 Å². The minimum absolute atomic E-state index is 0.0414. The van der Waals surface area contributed by atoms with Crippen molar-refractivity contribution in [3.05, 3.63) is 0 Å². The minimum Gasteiger partial charge on any atom is -0.376 e. The van der Waals surface area contributed by atoms with E-state index in [1.165, 1.54) is 0 Å². The zero-order valence-electron chi connectivity index (χ0n) is 11.7. The molecule has 0 aliphatic rings. The van der Waals surface area contributed by atoms with Crippen molar-refractivity contribution >= 4 is 0 Å². The lowest BCUT2D eigenvalue weighted by Gasteiger charge is -2.23. The standard InChI is InChI=1S/C13H28O3/c1-7-12(6)16-13(8-14-10(2)3)9-15-11(4)5/h10-13H,7-9H2,1-6H3. The molecular formula is C13H28O3. The third kappa shape index (κ3) is 9.13. The first kappa shape index (κ1) is 15.9. The van der Waals surface area contributed by atoms with E-state index < -0.39 is 0 Å². The van der Waals surface area contributed by atoms with Crippen molar-refractivity contribution in [3.63, 3.8) is 0 Å². The molecule has 0 radical (unpaired) electrons. The summed E-state index contributed by atoms with van der Waals surface area (Å²) in [7, 11) is 0. The molecule has 0 aromatic rings. The molecule has 0 heterocycles. The maximum Gasteiger partial charge on any atom is 0.104 e. The van der Waals surface area contributed by atoms with E-state index in [1.54, 1.807) is 0 Å². The van der Waals surface area contributed by atoms with Crippen LogP contribution in [0.2, 0.25) is 0 Å². The molecule has 0 bridgehead atoms. The Hall–Kier alpha value is -0.120. The highest BCUT2D eigenvalue weighted by atomic mass is 16.6. The van der Waals surface area contributed by atoms with Gasteiger partial charge in [-0.15, -0.1) is 0 Å². The third-order valence-electron chi connectivity index (χ3n) is 2.23. The maximum absolute atomic E-state index is 5.85. The molecule has 0 spiro atoms. The summed E-state index contributed by atoms with van der Waals surface area (Å²) in [4.78, 5) is 0. The Morgan fingerprint density at radius 2 is 1.25 bits per heavy atom. The fourth-order valence-electron chi connectivity index (χ4n) is 1.15. The summed E-state index contributed by atoms with van der Waals surface area (Å²) >= 11 is 0. The van der Waals surface area contributed by atoms with Crippen molar-refractivity contribution in [1.82, 2.24) is 0 Å². The van der Waals surface area contributed by atoms with Gasteiger partial charge in [0, 0.05) is 0 Å². The van der Waals surface area contributed by atoms with Gasteiger partial charge < -0.3 is 14.2 Å². The molecule has 0 aliphatic carbocycles. The van der Waals surface area contributed by atoms with E-state index in [-0.39, 0.29) is 24.4 Å². The lowest BCUT2D eigenvalue weighted by atomic mass is 10.3. The van der Waals surface area contributed by atoms with E-state index in [2.05, 4.69) is 13.8 Å². The van der Waals surface area contributed by atoms with Gasteiger partial charge in [-0.05, 0) is 41.0 Å². The summed E-state index contributed by atoms with van der Waals surface area (Å²) in [5.41, 5.74) is 0. The smallest absolute Gasteiger partial charge is 0.104 e. The second-order valence-electron chi connectivity index (χ2n) is 4.74. The van der Waals surface area contributed by atoms with E-state index >= 15 is 0 Å². The predicted molar refractivity (Wildman–Crippen MR) is 66.8 cm³/mol. The zero-order chi connectivity index (χ0) is 12.6. The molecule has 0 aromatic carbocycles. The number of hydrogen-bond donors (Lipinski definition) is 0. The monoisotopic (exact) mass is 232 g/mol. The molecule has 0 saturated carbocycles. The molecule has 0 saturated heterocycles. The summed E-state index contributed by atoms with van der Waals surface area (Å²) < 4.78 is 17.0. The Labute approximate surface area is 100 Å². The molecule has 3 heteroatoms. The molecule has 0 fully saturated rings. The van der Waals surface area contributed by atoms with Crippen molar-refractivity contribution in [2.45, 2.75) is 72.4 Å². The van der Waals surface area contributed by atoms with Crippen LogP contribution >= 0.6 is 0 Å². The fourth-order valence-corrected chi connectivity index (χ4v) is 1.15. The summed E-state index contributed by atoms with van der Waals surface area (Å²) in [5.74, 6) is 0. The van der Waals surface area contributed by atoms with Crippen LogP contribution in [0.25, 0.3) is 0 Å². The van der Waals surface area contributed by atoms with Crippen molar-refractivity contribution < 1.29 is 14.2 Å². The second-order valence-corrected chi connectivity index (χ2v) is 4.74. The quantitative estimate of drug-likeness (QED) is 0.611. The second kappa shape index (κ2) is 8.97. The Balaban J connectivity index is 3.94. The molecule has 16 heavy (non-hydrogen) atoms. The topological polar surface area (TPSA) is 27.7 Å². The Bertz CT molecular complexity index is 145. The first-order valence-electron chi connectivity index (χ1n) is 6.34. The molecule has 98 valence electrons. The van der Waals surface area contributed by atoms with Gasteiger partial charge in [-0.3, -0.25) is 0 Å². The summed E-state index contributed by atoms with van der Waals surface area (Å²) in [5, 5.41) is 0. The van der Waals surface area contributed by atoms with Crippen LogP contribution in [0.15, 0.2) is 0 Å². The van der Waals surface area contributed by atoms with Crippen molar-refractivity contribution in [1.29, 1.82) is 0 Å². The molecule has 0 amide bonds. The summed E-state index contributed by atoms with van der Waals surface area (Å²) in [6, 6.07) is 0. The van der Waals surface area contributed by atoms with E-state index in [1.807, 2.05) is 27.7 Å². The van der Waals surface area contributed by atoms with E-state index in [9.17, 15) is 0 Å². The highest BCUT2D eigenvalue weighted by Crippen LogP contribution is 2.06. The van der Waals surface area contributed by atoms with Crippen LogP contribution in [-0.2, 0) is 14.2 Å². The van der Waals surface area contributed by atoms with Crippen LogP contribution in [0.1, 0.15) is 48.0 Å². The van der Waals surface area contributed by atoms with Crippen LogP contribution in [-0.4, -0.2) is 37.6 Å². The molecule has 3 nitrogen and oxygen atoms in total. The van der Waals surface area contributed by atoms with Gasteiger partial charge in [0.05, 0.1) is 31.5 Å². The lowest BCUT2D eigenvalue weighted by molar-refractivity contribution is -0.104. The van der Waals surface area contributed by atoms with Gasteiger partial charge in [0.2, 0.25) is 0 Å². The number of hydrogen-bond acceptors (Lipinski definition) is 3. The molecule has 1 unspecified atom stereocenters. The fraction of sp³-hybridized carbons (Fsp3) is 1.00.